The van der Waals surface area contributed by atoms with Crippen molar-refractivity contribution >= 4 is 11.9 Å². The molecule has 0 radical (unpaired) electrons. The van der Waals surface area contributed by atoms with Gasteiger partial charge in [0, 0.05) is 26.4 Å². The highest BCUT2D eigenvalue weighted by atomic mass is 16.5. The molecule has 0 unspecified atom stereocenters. The normalized spacial score (nSPS) is 12.7. The van der Waals surface area contributed by atoms with Crippen molar-refractivity contribution in [3.05, 3.63) is 12.3 Å². The fraction of sp³-hybridized carbons (Fsp3) is 0.500. The number of nitrogens with one attached hydrogen (secondary N) is 1. The molecule has 1 saturated heterocycles. The smallest absolute Gasteiger partial charge is 0.331 e. The highest BCUT2D eigenvalue weighted by Crippen LogP contribution is 1.79. The van der Waals surface area contributed by atoms with Gasteiger partial charge >= 0.3 is 5.97 Å². The second-order valence-electron chi connectivity index (χ2n) is 2.58. The fourth-order valence-electron chi connectivity index (χ4n) is 0.314. The monoisotopic (exact) mass is 186 g/mol. The summed E-state index contributed by atoms with van der Waals surface area (Å²) >= 11 is 0. The van der Waals surface area contributed by atoms with Gasteiger partial charge in [-0.3, -0.25) is 4.79 Å². The number of amides is 1. The molecule has 0 spiro atoms. The number of nitrogens with zero attached hydrogens (tertiary/aromatic N) is 1. The minimum atomic E-state index is -0.330. The van der Waals surface area contributed by atoms with Crippen LogP contribution in [0.3, 0.4) is 0 Å². The lowest BCUT2D eigenvalue weighted by molar-refractivity contribution is -0.134. The molecule has 1 fully saturated rings. The largest absolute Gasteiger partial charge is 0.466 e. The molecular weight excluding hydrogens is 172 g/mol. The van der Waals surface area contributed by atoms with Gasteiger partial charge in [0.15, 0.2) is 0 Å². The van der Waals surface area contributed by atoms with Crippen LogP contribution in [0.5, 0.6) is 0 Å². The number of methoxy groups -OCH3 is 1. The van der Waals surface area contributed by atoms with Gasteiger partial charge in [0.05, 0.1) is 13.7 Å². The Kier molecular flexibility index (Phi) is 5.34. The van der Waals surface area contributed by atoms with Gasteiger partial charge in [-0.2, -0.15) is 0 Å². The Bertz CT molecular complexity index is 205. The predicted molar refractivity (Wildman–Crippen MR) is 47.9 cm³/mol. The Balaban J connectivity index is 0.000000293. The second kappa shape index (κ2) is 6.05. The molecule has 0 aliphatic carbocycles. The molecule has 0 bridgehead atoms. The molecule has 13 heavy (non-hydrogen) atoms. The molecule has 74 valence electrons. The molecule has 5 nitrogen and oxygen atoms in total. The zero-order valence-corrected chi connectivity index (χ0v) is 8.03. The number of carbonyl (C=O) groups is 2. The van der Waals surface area contributed by atoms with Crippen molar-refractivity contribution < 1.29 is 14.3 Å². The second-order valence-corrected chi connectivity index (χ2v) is 2.58. The van der Waals surface area contributed by atoms with Crippen LogP contribution in [0.1, 0.15) is 0 Å². The highest BCUT2D eigenvalue weighted by molar-refractivity contribution is 5.91. The zero-order valence-electron chi connectivity index (χ0n) is 8.03. The minimum absolute atomic E-state index is 0.167. The van der Waals surface area contributed by atoms with Gasteiger partial charge in [0.2, 0.25) is 5.91 Å². The summed E-state index contributed by atoms with van der Waals surface area (Å²) in [6.07, 6.45) is 2.99. The lowest BCUT2D eigenvalue weighted by Crippen LogP contribution is -2.03. The van der Waals surface area contributed by atoms with Gasteiger partial charge in [0.25, 0.3) is 0 Å². The van der Waals surface area contributed by atoms with E-state index >= 15 is 0 Å². The van der Waals surface area contributed by atoms with E-state index in [2.05, 4.69) is 10.1 Å². The summed E-state index contributed by atoms with van der Waals surface area (Å²) in [7, 11) is 5.02. The van der Waals surface area contributed by atoms with Crippen LogP contribution in [-0.4, -0.2) is 44.5 Å². The van der Waals surface area contributed by atoms with Crippen LogP contribution in [0.15, 0.2) is 12.3 Å². The molecule has 0 aromatic carbocycles. The Morgan fingerprint density at radius 2 is 2.08 bits per heavy atom. The first kappa shape index (κ1) is 11.5. The number of hydrogen-bond donors (Lipinski definition) is 1. The van der Waals surface area contributed by atoms with E-state index in [1.54, 1.807) is 11.1 Å². The number of ether oxygens (including phenoxy) is 1. The third-order valence-electron chi connectivity index (χ3n) is 1.03. The summed E-state index contributed by atoms with van der Waals surface area (Å²) in [6, 6.07) is 0. The van der Waals surface area contributed by atoms with Crippen molar-refractivity contribution in [2.24, 2.45) is 0 Å². The number of esters is 1. The molecule has 1 aliphatic heterocycles. The molecule has 0 aromatic rings. The third kappa shape index (κ3) is 10.5. The van der Waals surface area contributed by atoms with Crippen molar-refractivity contribution in [3.63, 3.8) is 0 Å². The molecule has 1 heterocycles. The number of hydrogen-bond acceptors (Lipinski definition) is 4. The van der Waals surface area contributed by atoms with Crippen molar-refractivity contribution in [3.8, 4) is 0 Å². The van der Waals surface area contributed by atoms with Gasteiger partial charge in [-0.15, -0.1) is 0 Å². The van der Waals surface area contributed by atoms with E-state index in [0.717, 1.165) is 0 Å². The van der Waals surface area contributed by atoms with Gasteiger partial charge in [0.1, 0.15) is 0 Å². The molecule has 1 rings (SSSR count). The Hall–Kier alpha value is -1.52. The van der Waals surface area contributed by atoms with Crippen LogP contribution in [0.2, 0.25) is 0 Å². The van der Waals surface area contributed by atoms with Crippen molar-refractivity contribution in [1.29, 1.82) is 0 Å². The van der Waals surface area contributed by atoms with Crippen molar-refractivity contribution in [1.82, 2.24) is 10.2 Å². The molecule has 0 saturated carbocycles. The van der Waals surface area contributed by atoms with Crippen LogP contribution in [-0.2, 0) is 14.3 Å². The van der Waals surface area contributed by atoms with Gasteiger partial charge in [-0.1, -0.05) is 0 Å². The average molecular weight is 186 g/mol. The molecule has 5 heteroatoms. The molecule has 1 amide bonds. The fourth-order valence-corrected chi connectivity index (χ4v) is 0.314. The molecule has 1 aliphatic rings. The average Bonchev–Trinajstić information content (AvgIpc) is 2.84. The highest BCUT2D eigenvalue weighted by Gasteiger charge is 2.10. The predicted octanol–water partition coefficient (Wildman–Crippen LogP) is -0.649. The van der Waals surface area contributed by atoms with E-state index in [9.17, 15) is 9.59 Å². The summed E-state index contributed by atoms with van der Waals surface area (Å²) in [6.45, 7) is 0.597. The number of carbonyl (C=O) groups excluding carboxylic acids is 2. The maximum absolute atomic E-state index is 10.4. The Morgan fingerprint density at radius 3 is 2.31 bits per heavy atom. The van der Waals surface area contributed by atoms with Crippen LogP contribution in [0.4, 0.5) is 0 Å². The quantitative estimate of drug-likeness (QED) is 0.353. The summed E-state index contributed by atoms with van der Waals surface area (Å²) < 4.78 is 4.35. The van der Waals surface area contributed by atoms with E-state index < -0.39 is 0 Å². The van der Waals surface area contributed by atoms with Gasteiger partial charge in [-0.25, -0.2) is 4.79 Å². The molecule has 0 aromatic heterocycles. The first-order valence-corrected chi connectivity index (χ1v) is 3.75. The summed E-state index contributed by atoms with van der Waals surface area (Å²) in [4.78, 5) is 21.6. The first-order chi connectivity index (χ1) is 6.06. The van der Waals surface area contributed by atoms with Crippen molar-refractivity contribution in [2.75, 3.05) is 27.7 Å². The zero-order chi connectivity index (χ0) is 10.3. The minimum Gasteiger partial charge on any atom is -0.466 e. The maximum atomic E-state index is 10.4. The van der Waals surface area contributed by atoms with Gasteiger partial charge in [-0.05, 0) is 0 Å². The van der Waals surface area contributed by atoms with Crippen molar-refractivity contribution in [2.45, 2.75) is 0 Å². The summed E-state index contributed by atoms with van der Waals surface area (Å²) in [5.74, 6) is -0.163. The van der Waals surface area contributed by atoms with E-state index in [0.29, 0.717) is 6.54 Å². The summed E-state index contributed by atoms with van der Waals surface area (Å²) in [5, 5.41) is 2.46. The molecule has 0 atom stereocenters. The third-order valence-corrected chi connectivity index (χ3v) is 1.03. The van der Waals surface area contributed by atoms with Crippen LogP contribution >= 0.6 is 0 Å². The number of rotatable bonds is 2. The first-order valence-electron chi connectivity index (χ1n) is 3.75. The molecule has 1 N–H and O–H groups in total. The standard InChI is InChI=1S/C6H11NO2.C2H3NO/c1-7(2)5-4-6(8)9-3;4-2-1-3-2/h4-5H,1-3H3;1H2,(H,3,4). The van der Waals surface area contributed by atoms with E-state index in [1.807, 2.05) is 14.1 Å². The lowest BCUT2D eigenvalue weighted by atomic mass is 10.6. The topological polar surface area (TPSA) is 68.5 Å². The Morgan fingerprint density at radius 1 is 1.62 bits per heavy atom. The Labute approximate surface area is 77.4 Å². The SMILES string of the molecule is COC(=O)C=CN(C)C.O=C1CN1. The maximum Gasteiger partial charge on any atom is 0.331 e. The lowest BCUT2D eigenvalue weighted by Gasteiger charge is -2.01. The van der Waals surface area contributed by atoms with Crippen LogP contribution in [0, 0.1) is 0 Å². The van der Waals surface area contributed by atoms with Crippen LogP contribution in [0.25, 0.3) is 0 Å². The van der Waals surface area contributed by atoms with E-state index in [4.69, 9.17) is 0 Å². The summed E-state index contributed by atoms with van der Waals surface area (Å²) in [5.41, 5.74) is 0. The van der Waals surface area contributed by atoms with E-state index in [-0.39, 0.29) is 11.9 Å². The van der Waals surface area contributed by atoms with Gasteiger partial charge < -0.3 is 15.0 Å². The van der Waals surface area contributed by atoms with E-state index in [1.165, 1.54) is 13.2 Å². The molecular formula is C8H14N2O3. The van der Waals surface area contributed by atoms with Crippen LogP contribution < -0.4 is 5.32 Å².